The third-order valence-corrected chi connectivity index (χ3v) is 4.39. The Morgan fingerprint density at radius 3 is 3.11 bits per heavy atom. The summed E-state index contributed by atoms with van der Waals surface area (Å²) in [7, 11) is 4.48. The Morgan fingerprint density at radius 1 is 1.42 bits per heavy atom. The molecule has 0 aromatic heterocycles. The molecule has 1 aromatic carbocycles. The van der Waals surface area contributed by atoms with Crippen LogP contribution in [0.15, 0.2) is 18.2 Å². The minimum atomic E-state index is 0.853. The van der Waals surface area contributed by atoms with Crippen molar-refractivity contribution in [1.29, 1.82) is 0 Å². The molecule has 19 heavy (non-hydrogen) atoms. The summed E-state index contributed by atoms with van der Waals surface area (Å²) in [5.41, 5.74) is 4.28. The molecule has 1 saturated heterocycles. The third-order valence-electron chi connectivity index (χ3n) is 4.39. The van der Waals surface area contributed by atoms with Gasteiger partial charge in [-0.15, -0.1) is 0 Å². The molecule has 0 amide bonds. The number of nitrogens with zero attached hydrogens (tertiary/aromatic N) is 2. The van der Waals surface area contributed by atoms with Gasteiger partial charge in [-0.3, -0.25) is 0 Å². The van der Waals surface area contributed by atoms with E-state index in [-0.39, 0.29) is 0 Å². The van der Waals surface area contributed by atoms with Crippen molar-refractivity contribution >= 4 is 5.69 Å². The standard InChI is InChI=1S/C16H25N3/c1-18-8-6-14(11-18)12-19(2)10-13-3-4-16-15(9-13)5-7-17-16/h3-4,9,14,17H,5-8,10-12H2,1-2H3. The van der Waals surface area contributed by atoms with Crippen LogP contribution < -0.4 is 5.32 Å². The van der Waals surface area contributed by atoms with Crippen molar-refractivity contribution in [3.05, 3.63) is 29.3 Å². The van der Waals surface area contributed by atoms with Crippen LogP contribution in [-0.4, -0.2) is 50.1 Å². The Balaban J connectivity index is 1.55. The van der Waals surface area contributed by atoms with E-state index < -0.39 is 0 Å². The maximum absolute atomic E-state index is 3.43. The van der Waals surface area contributed by atoms with Crippen molar-refractivity contribution in [2.45, 2.75) is 19.4 Å². The maximum Gasteiger partial charge on any atom is 0.0373 e. The zero-order valence-corrected chi connectivity index (χ0v) is 12.2. The SMILES string of the molecule is CN1CCC(CN(C)Cc2ccc3c(c2)CCN3)C1. The van der Waals surface area contributed by atoms with Crippen LogP contribution in [0.5, 0.6) is 0 Å². The molecule has 2 heterocycles. The average molecular weight is 259 g/mol. The van der Waals surface area contributed by atoms with Gasteiger partial charge in [-0.05, 0) is 56.6 Å². The number of rotatable bonds is 4. The Kier molecular flexibility index (Phi) is 3.76. The molecular formula is C16H25N3. The number of likely N-dealkylation sites (tertiary alicyclic amines) is 1. The van der Waals surface area contributed by atoms with E-state index >= 15 is 0 Å². The van der Waals surface area contributed by atoms with Crippen LogP contribution in [0.3, 0.4) is 0 Å². The zero-order chi connectivity index (χ0) is 13.2. The second kappa shape index (κ2) is 5.51. The second-order valence-electron chi connectivity index (χ2n) is 6.28. The summed E-state index contributed by atoms with van der Waals surface area (Å²) >= 11 is 0. The monoisotopic (exact) mass is 259 g/mol. The van der Waals surface area contributed by atoms with Crippen LogP contribution in [0.4, 0.5) is 5.69 Å². The summed E-state index contributed by atoms with van der Waals surface area (Å²) < 4.78 is 0. The van der Waals surface area contributed by atoms with E-state index in [2.05, 4.69) is 47.4 Å². The molecule has 1 fully saturated rings. The smallest absolute Gasteiger partial charge is 0.0373 e. The highest BCUT2D eigenvalue weighted by Gasteiger charge is 2.20. The Bertz CT molecular complexity index is 444. The molecule has 3 heteroatoms. The first kappa shape index (κ1) is 12.9. The second-order valence-corrected chi connectivity index (χ2v) is 6.28. The van der Waals surface area contributed by atoms with Gasteiger partial charge in [0.1, 0.15) is 0 Å². The summed E-state index contributed by atoms with van der Waals surface area (Å²) in [4.78, 5) is 4.92. The molecule has 0 radical (unpaired) electrons. The lowest BCUT2D eigenvalue weighted by Crippen LogP contribution is -2.27. The molecule has 3 rings (SSSR count). The molecular weight excluding hydrogens is 234 g/mol. The Morgan fingerprint density at radius 2 is 2.32 bits per heavy atom. The first-order valence-corrected chi connectivity index (χ1v) is 7.43. The molecule has 1 aromatic rings. The molecule has 2 aliphatic heterocycles. The van der Waals surface area contributed by atoms with E-state index in [0.29, 0.717) is 0 Å². The molecule has 3 nitrogen and oxygen atoms in total. The first-order chi connectivity index (χ1) is 9.20. The van der Waals surface area contributed by atoms with Crippen LogP contribution in [-0.2, 0) is 13.0 Å². The summed E-state index contributed by atoms with van der Waals surface area (Å²) in [6.07, 6.45) is 2.54. The van der Waals surface area contributed by atoms with E-state index in [1.807, 2.05) is 0 Å². The summed E-state index contributed by atoms with van der Waals surface area (Å²) in [5.74, 6) is 0.853. The summed E-state index contributed by atoms with van der Waals surface area (Å²) in [5, 5.41) is 3.43. The molecule has 0 spiro atoms. The van der Waals surface area contributed by atoms with Crippen LogP contribution >= 0.6 is 0 Å². The number of hydrogen-bond donors (Lipinski definition) is 1. The van der Waals surface area contributed by atoms with Crippen molar-refractivity contribution in [2.24, 2.45) is 5.92 Å². The van der Waals surface area contributed by atoms with Gasteiger partial charge >= 0.3 is 0 Å². The molecule has 0 bridgehead atoms. The Labute approximate surface area is 116 Å². The van der Waals surface area contributed by atoms with Gasteiger partial charge in [0, 0.05) is 31.9 Å². The van der Waals surface area contributed by atoms with Gasteiger partial charge in [-0.1, -0.05) is 12.1 Å². The number of nitrogens with one attached hydrogen (secondary N) is 1. The minimum absolute atomic E-state index is 0.853. The topological polar surface area (TPSA) is 18.5 Å². The molecule has 0 saturated carbocycles. The quantitative estimate of drug-likeness (QED) is 0.892. The third kappa shape index (κ3) is 3.10. The maximum atomic E-state index is 3.43. The minimum Gasteiger partial charge on any atom is -0.384 e. The predicted molar refractivity (Wildman–Crippen MR) is 80.6 cm³/mol. The van der Waals surface area contributed by atoms with Gasteiger partial charge < -0.3 is 15.1 Å². The molecule has 2 aliphatic rings. The van der Waals surface area contributed by atoms with Crippen LogP contribution in [0.1, 0.15) is 17.5 Å². The van der Waals surface area contributed by atoms with Gasteiger partial charge in [0.15, 0.2) is 0 Å². The lowest BCUT2D eigenvalue weighted by molar-refractivity contribution is 0.267. The lowest BCUT2D eigenvalue weighted by atomic mass is 10.1. The van der Waals surface area contributed by atoms with Crippen molar-refractivity contribution in [3.8, 4) is 0 Å². The van der Waals surface area contributed by atoms with Crippen LogP contribution in [0.25, 0.3) is 0 Å². The number of benzene rings is 1. The average Bonchev–Trinajstić information content (AvgIpc) is 2.97. The summed E-state index contributed by atoms with van der Waals surface area (Å²) in [6.45, 7) is 5.93. The van der Waals surface area contributed by atoms with Gasteiger partial charge in [-0.25, -0.2) is 0 Å². The fourth-order valence-electron chi connectivity index (χ4n) is 3.45. The molecule has 1 atom stereocenters. The highest BCUT2D eigenvalue weighted by atomic mass is 15.1. The fourth-order valence-corrected chi connectivity index (χ4v) is 3.45. The van der Waals surface area contributed by atoms with Crippen molar-refractivity contribution in [3.63, 3.8) is 0 Å². The van der Waals surface area contributed by atoms with E-state index in [9.17, 15) is 0 Å². The van der Waals surface area contributed by atoms with E-state index in [1.165, 1.54) is 49.3 Å². The Hall–Kier alpha value is -1.06. The van der Waals surface area contributed by atoms with Crippen molar-refractivity contribution < 1.29 is 0 Å². The van der Waals surface area contributed by atoms with E-state index in [4.69, 9.17) is 0 Å². The van der Waals surface area contributed by atoms with Gasteiger partial charge in [-0.2, -0.15) is 0 Å². The van der Waals surface area contributed by atoms with Crippen LogP contribution in [0, 0.1) is 5.92 Å². The molecule has 1 N–H and O–H groups in total. The van der Waals surface area contributed by atoms with E-state index in [1.54, 1.807) is 0 Å². The zero-order valence-electron chi connectivity index (χ0n) is 12.2. The van der Waals surface area contributed by atoms with Gasteiger partial charge in [0.25, 0.3) is 0 Å². The highest BCUT2D eigenvalue weighted by Crippen LogP contribution is 2.24. The number of hydrogen-bond acceptors (Lipinski definition) is 3. The highest BCUT2D eigenvalue weighted by molar-refractivity contribution is 5.56. The van der Waals surface area contributed by atoms with Gasteiger partial charge in [0.05, 0.1) is 0 Å². The first-order valence-electron chi connectivity index (χ1n) is 7.43. The largest absolute Gasteiger partial charge is 0.384 e. The fraction of sp³-hybridized carbons (Fsp3) is 0.625. The number of fused-ring (bicyclic) bond motifs is 1. The lowest BCUT2D eigenvalue weighted by Gasteiger charge is -2.21. The normalized spacial score (nSPS) is 22.8. The predicted octanol–water partition coefficient (Wildman–Crippen LogP) is 2.04. The number of anilines is 1. The van der Waals surface area contributed by atoms with Crippen molar-refractivity contribution in [1.82, 2.24) is 9.80 Å². The van der Waals surface area contributed by atoms with E-state index in [0.717, 1.165) is 19.0 Å². The molecule has 1 unspecified atom stereocenters. The van der Waals surface area contributed by atoms with Gasteiger partial charge in [0.2, 0.25) is 0 Å². The molecule has 104 valence electrons. The van der Waals surface area contributed by atoms with Crippen LogP contribution in [0.2, 0.25) is 0 Å². The summed E-state index contributed by atoms with van der Waals surface area (Å²) in [6, 6.07) is 6.90. The van der Waals surface area contributed by atoms with Crippen molar-refractivity contribution in [2.75, 3.05) is 45.6 Å². The molecule has 0 aliphatic carbocycles.